The predicted molar refractivity (Wildman–Crippen MR) is 96.3 cm³/mol. The van der Waals surface area contributed by atoms with Crippen molar-refractivity contribution in [1.29, 1.82) is 0 Å². The van der Waals surface area contributed by atoms with E-state index >= 15 is 0 Å². The van der Waals surface area contributed by atoms with Gasteiger partial charge in [-0.25, -0.2) is 4.68 Å². The fourth-order valence-corrected chi connectivity index (χ4v) is 3.13. The summed E-state index contributed by atoms with van der Waals surface area (Å²) in [6.07, 6.45) is 4.26. The van der Waals surface area contributed by atoms with Gasteiger partial charge in [0.1, 0.15) is 12.1 Å². The van der Waals surface area contributed by atoms with Crippen molar-refractivity contribution in [2.75, 3.05) is 5.32 Å². The molecule has 0 saturated carbocycles. The van der Waals surface area contributed by atoms with Crippen LogP contribution in [0.1, 0.15) is 24.5 Å². The van der Waals surface area contributed by atoms with E-state index in [9.17, 15) is 4.79 Å². The number of benzene rings is 2. The Hall–Kier alpha value is -3.22. The van der Waals surface area contributed by atoms with Crippen molar-refractivity contribution in [3.05, 3.63) is 59.9 Å². The summed E-state index contributed by atoms with van der Waals surface area (Å²) in [5.41, 5.74) is 4.28. The maximum Gasteiger partial charge on any atom is 0.265 e. The van der Waals surface area contributed by atoms with Crippen LogP contribution in [0.5, 0.6) is 5.75 Å². The van der Waals surface area contributed by atoms with Crippen molar-refractivity contribution >= 4 is 11.6 Å². The van der Waals surface area contributed by atoms with Crippen molar-refractivity contribution in [2.45, 2.75) is 32.3 Å². The molecule has 7 nitrogen and oxygen atoms in total. The van der Waals surface area contributed by atoms with Crippen molar-refractivity contribution in [1.82, 2.24) is 20.2 Å². The lowest BCUT2D eigenvalue weighted by Crippen LogP contribution is -2.30. The average molecular weight is 349 g/mol. The first-order chi connectivity index (χ1) is 12.7. The number of ether oxygens (including phenoxy) is 1. The molecule has 0 spiro atoms. The van der Waals surface area contributed by atoms with Crippen LogP contribution in [-0.4, -0.2) is 32.2 Å². The van der Waals surface area contributed by atoms with E-state index in [1.165, 1.54) is 28.6 Å². The van der Waals surface area contributed by atoms with E-state index in [1.807, 2.05) is 18.2 Å². The Morgan fingerprint density at radius 2 is 2.08 bits per heavy atom. The summed E-state index contributed by atoms with van der Waals surface area (Å²) in [6.45, 7) is 1.73. The van der Waals surface area contributed by atoms with E-state index in [1.54, 1.807) is 19.1 Å². The number of hydrogen-bond donors (Lipinski definition) is 1. The summed E-state index contributed by atoms with van der Waals surface area (Å²) in [7, 11) is 0. The molecule has 4 rings (SSSR count). The van der Waals surface area contributed by atoms with E-state index < -0.39 is 6.10 Å². The van der Waals surface area contributed by atoms with Crippen LogP contribution in [-0.2, 0) is 17.6 Å². The number of rotatable bonds is 5. The molecule has 0 radical (unpaired) electrons. The van der Waals surface area contributed by atoms with Crippen LogP contribution < -0.4 is 10.1 Å². The van der Waals surface area contributed by atoms with Crippen LogP contribution >= 0.6 is 0 Å². The molecule has 1 aliphatic carbocycles. The van der Waals surface area contributed by atoms with Gasteiger partial charge in [-0.05, 0) is 72.0 Å². The van der Waals surface area contributed by atoms with Gasteiger partial charge in [0.05, 0.1) is 5.69 Å². The van der Waals surface area contributed by atoms with E-state index in [2.05, 4.69) is 33.0 Å². The molecule has 1 aromatic heterocycles. The van der Waals surface area contributed by atoms with Gasteiger partial charge in [-0.3, -0.25) is 4.79 Å². The van der Waals surface area contributed by atoms with Gasteiger partial charge >= 0.3 is 0 Å². The Morgan fingerprint density at radius 3 is 2.92 bits per heavy atom. The average Bonchev–Trinajstić information content (AvgIpc) is 3.33. The lowest BCUT2D eigenvalue weighted by atomic mass is 10.1. The maximum absolute atomic E-state index is 12.5. The highest BCUT2D eigenvalue weighted by Crippen LogP contribution is 2.25. The zero-order valence-electron chi connectivity index (χ0n) is 14.4. The number of tetrazole rings is 1. The number of nitrogens with zero attached hydrogens (tertiary/aromatic N) is 4. The third kappa shape index (κ3) is 3.42. The van der Waals surface area contributed by atoms with Crippen LogP contribution in [0.25, 0.3) is 5.69 Å². The van der Waals surface area contributed by atoms with Gasteiger partial charge in [0, 0.05) is 11.8 Å². The standard InChI is InChI=1S/C19H19N5O2/c1-13(19(25)21-16-9-8-14-4-2-5-15(14)10-16)26-18-7-3-6-17(11-18)24-12-20-22-23-24/h3,6-13H,2,4-5H2,1H3,(H,21,25)/t13-/m0/s1. The number of aromatic nitrogens is 4. The van der Waals surface area contributed by atoms with E-state index in [0.717, 1.165) is 24.2 Å². The molecule has 26 heavy (non-hydrogen) atoms. The molecule has 1 heterocycles. The first-order valence-corrected chi connectivity index (χ1v) is 8.62. The minimum Gasteiger partial charge on any atom is -0.481 e. The highest BCUT2D eigenvalue weighted by molar-refractivity contribution is 5.94. The number of amides is 1. The smallest absolute Gasteiger partial charge is 0.265 e. The van der Waals surface area contributed by atoms with Crippen LogP contribution in [0, 0.1) is 0 Å². The molecule has 3 aromatic rings. The highest BCUT2D eigenvalue weighted by Gasteiger charge is 2.17. The monoisotopic (exact) mass is 349 g/mol. The molecule has 1 atom stereocenters. The first kappa shape index (κ1) is 16.3. The first-order valence-electron chi connectivity index (χ1n) is 8.62. The molecule has 1 N–H and O–H groups in total. The molecule has 1 amide bonds. The van der Waals surface area contributed by atoms with Crippen molar-refractivity contribution in [3.63, 3.8) is 0 Å². The fourth-order valence-electron chi connectivity index (χ4n) is 3.13. The Bertz CT molecular complexity index is 923. The van der Waals surface area contributed by atoms with Crippen molar-refractivity contribution < 1.29 is 9.53 Å². The molecule has 0 fully saturated rings. The zero-order chi connectivity index (χ0) is 17.9. The predicted octanol–water partition coefficient (Wildman–Crippen LogP) is 2.56. The largest absolute Gasteiger partial charge is 0.481 e. The normalized spacial score (nSPS) is 13.9. The minimum atomic E-state index is -0.632. The van der Waals surface area contributed by atoms with Crippen LogP contribution in [0.3, 0.4) is 0 Å². The molecule has 1 aliphatic rings. The molecule has 0 saturated heterocycles. The summed E-state index contributed by atoms with van der Waals surface area (Å²) >= 11 is 0. The number of nitrogens with one attached hydrogen (secondary N) is 1. The molecular weight excluding hydrogens is 330 g/mol. The molecular formula is C19H19N5O2. The van der Waals surface area contributed by atoms with Crippen LogP contribution in [0.15, 0.2) is 48.8 Å². The Balaban J connectivity index is 1.42. The number of hydrogen-bond acceptors (Lipinski definition) is 5. The second-order valence-corrected chi connectivity index (χ2v) is 6.34. The number of anilines is 1. The van der Waals surface area contributed by atoms with Crippen LogP contribution in [0.4, 0.5) is 5.69 Å². The van der Waals surface area contributed by atoms with E-state index in [0.29, 0.717) is 5.75 Å². The van der Waals surface area contributed by atoms with E-state index in [4.69, 9.17) is 4.74 Å². The topological polar surface area (TPSA) is 81.9 Å². The molecule has 132 valence electrons. The Kier molecular flexibility index (Phi) is 4.35. The fraction of sp³-hybridized carbons (Fsp3) is 0.263. The third-order valence-electron chi connectivity index (χ3n) is 4.48. The summed E-state index contributed by atoms with van der Waals surface area (Å²) in [4.78, 5) is 12.5. The van der Waals surface area contributed by atoms with Crippen molar-refractivity contribution in [3.8, 4) is 11.4 Å². The Labute approximate surface area is 151 Å². The van der Waals surface area contributed by atoms with Gasteiger partial charge in [-0.15, -0.1) is 5.10 Å². The maximum atomic E-state index is 12.5. The lowest BCUT2D eigenvalue weighted by molar-refractivity contribution is -0.122. The number of fused-ring (bicyclic) bond motifs is 1. The summed E-state index contributed by atoms with van der Waals surface area (Å²) in [5, 5.41) is 14.0. The zero-order valence-corrected chi connectivity index (χ0v) is 14.4. The number of carbonyl (C=O) groups is 1. The second kappa shape index (κ2) is 6.95. The van der Waals surface area contributed by atoms with Crippen LogP contribution in [0.2, 0.25) is 0 Å². The highest BCUT2D eigenvalue weighted by atomic mass is 16.5. The third-order valence-corrected chi connectivity index (χ3v) is 4.48. The van der Waals surface area contributed by atoms with Gasteiger partial charge in [0.2, 0.25) is 0 Å². The molecule has 0 unspecified atom stereocenters. The Morgan fingerprint density at radius 1 is 1.19 bits per heavy atom. The summed E-state index contributed by atoms with van der Waals surface area (Å²) in [5.74, 6) is 0.394. The second-order valence-electron chi connectivity index (χ2n) is 6.34. The van der Waals surface area contributed by atoms with E-state index in [-0.39, 0.29) is 5.91 Å². The molecule has 0 bridgehead atoms. The molecule has 2 aromatic carbocycles. The SMILES string of the molecule is C[C@H](Oc1cccc(-n2cnnn2)c1)C(=O)Nc1ccc2c(c1)CCC2. The molecule has 7 heteroatoms. The quantitative estimate of drug-likeness (QED) is 0.765. The summed E-state index contributed by atoms with van der Waals surface area (Å²) < 4.78 is 7.32. The number of carbonyl (C=O) groups excluding carboxylic acids is 1. The summed E-state index contributed by atoms with van der Waals surface area (Å²) in [6, 6.07) is 13.4. The van der Waals surface area contributed by atoms with Crippen molar-refractivity contribution in [2.24, 2.45) is 0 Å². The number of aryl methyl sites for hydroxylation is 2. The van der Waals surface area contributed by atoms with Gasteiger partial charge in [-0.1, -0.05) is 12.1 Å². The van der Waals surface area contributed by atoms with Gasteiger partial charge < -0.3 is 10.1 Å². The van der Waals surface area contributed by atoms with Gasteiger partial charge in [0.25, 0.3) is 5.91 Å². The lowest BCUT2D eigenvalue weighted by Gasteiger charge is -2.16. The van der Waals surface area contributed by atoms with Gasteiger partial charge in [-0.2, -0.15) is 0 Å². The minimum absolute atomic E-state index is 0.184. The molecule has 0 aliphatic heterocycles. The van der Waals surface area contributed by atoms with Gasteiger partial charge in [0.15, 0.2) is 6.10 Å².